The summed E-state index contributed by atoms with van der Waals surface area (Å²) in [6.45, 7) is 4.66. The number of anilines is 1. The Bertz CT molecular complexity index is 1180. The topological polar surface area (TPSA) is 54.1 Å². The van der Waals surface area contributed by atoms with Crippen molar-refractivity contribution in [2.24, 2.45) is 0 Å². The Hall–Kier alpha value is -3.02. The Balaban J connectivity index is 1.65. The minimum absolute atomic E-state index is 0.0762. The van der Waals surface area contributed by atoms with Gasteiger partial charge >= 0.3 is 0 Å². The number of piperazine rings is 1. The second-order valence-corrected chi connectivity index (χ2v) is 8.79. The summed E-state index contributed by atoms with van der Waals surface area (Å²) < 4.78 is 0. The average Bonchev–Trinajstić information content (AvgIpc) is 2.84. The molecule has 4 rings (SSSR count). The fourth-order valence-electron chi connectivity index (χ4n) is 4.27. The third-order valence-electron chi connectivity index (χ3n) is 6.12. The van der Waals surface area contributed by atoms with Crippen molar-refractivity contribution in [3.05, 3.63) is 99.0 Å². The zero-order chi connectivity index (χ0) is 22.7. The van der Waals surface area contributed by atoms with Crippen LogP contribution in [0.4, 0.5) is 5.69 Å². The summed E-state index contributed by atoms with van der Waals surface area (Å²) in [5.74, 6) is 0. The minimum Gasteiger partial charge on any atom is -0.361 e. The number of nitrogens with zero attached hydrogens (tertiary/aromatic N) is 4. The monoisotopic (exact) mass is 460 g/mol. The molecule has 0 bridgehead atoms. The molecule has 160 valence electrons. The largest absolute Gasteiger partial charge is 0.361 e. The predicted molar refractivity (Wildman–Crippen MR) is 129 cm³/mol. The fourth-order valence-corrected chi connectivity index (χ4v) is 4.69. The van der Waals surface area contributed by atoms with Crippen LogP contribution < -0.4 is 4.90 Å². The number of halogens is 2. The summed E-state index contributed by atoms with van der Waals surface area (Å²) in [7, 11) is 0. The Morgan fingerprint density at radius 1 is 0.875 bits per heavy atom. The molecule has 6 heteroatoms. The van der Waals surface area contributed by atoms with E-state index in [-0.39, 0.29) is 12.1 Å². The van der Waals surface area contributed by atoms with Gasteiger partial charge in [-0.05, 0) is 60.5 Å². The van der Waals surface area contributed by atoms with Crippen molar-refractivity contribution in [2.75, 3.05) is 24.5 Å². The van der Waals surface area contributed by atoms with Crippen molar-refractivity contribution < 1.29 is 0 Å². The van der Waals surface area contributed by atoms with E-state index in [1.54, 1.807) is 6.07 Å². The molecule has 0 saturated carbocycles. The number of hydrogen-bond acceptors (Lipinski definition) is 4. The molecule has 1 fully saturated rings. The van der Waals surface area contributed by atoms with Crippen LogP contribution in [-0.4, -0.2) is 24.5 Å². The maximum Gasteiger partial charge on any atom is 0.0992 e. The molecule has 1 saturated heterocycles. The van der Waals surface area contributed by atoms with E-state index in [1.807, 2.05) is 48.5 Å². The molecule has 0 radical (unpaired) electrons. The SMILES string of the molecule is CC(c1ccc(C#N)cc1)N1CCN(c2ccc(C#N)cc2Cl)[C@H](c2ccc(Cl)cc2)C1. The quantitative estimate of drug-likeness (QED) is 0.454. The van der Waals surface area contributed by atoms with E-state index in [4.69, 9.17) is 28.5 Å². The molecule has 1 unspecified atom stereocenters. The summed E-state index contributed by atoms with van der Waals surface area (Å²) in [6, 6.07) is 25.8. The first-order valence-corrected chi connectivity index (χ1v) is 11.2. The van der Waals surface area contributed by atoms with Crippen LogP contribution in [0.3, 0.4) is 0 Å². The first-order valence-electron chi connectivity index (χ1n) is 10.5. The van der Waals surface area contributed by atoms with Gasteiger partial charge in [0.1, 0.15) is 0 Å². The van der Waals surface area contributed by atoms with Crippen molar-refractivity contribution in [1.82, 2.24) is 4.90 Å². The molecule has 0 aliphatic carbocycles. The van der Waals surface area contributed by atoms with E-state index in [9.17, 15) is 5.26 Å². The fraction of sp³-hybridized carbons (Fsp3) is 0.231. The maximum atomic E-state index is 9.20. The van der Waals surface area contributed by atoms with Crippen molar-refractivity contribution in [3.63, 3.8) is 0 Å². The van der Waals surface area contributed by atoms with Crippen LogP contribution >= 0.6 is 23.2 Å². The summed E-state index contributed by atoms with van der Waals surface area (Å²) >= 11 is 12.7. The lowest BCUT2D eigenvalue weighted by molar-refractivity contribution is 0.171. The number of rotatable bonds is 4. The lowest BCUT2D eigenvalue weighted by Gasteiger charge is -2.45. The lowest BCUT2D eigenvalue weighted by Crippen LogP contribution is -2.49. The third kappa shape index (κ3) is 4.59. The van der Waals surface area contributed by atoms with Gasteiger partial charge in [0.15, 0.2) is 0 Å². The highest BCUT2D eigenvalue weighted by Crippen LogP contribution is 2.38. The highest BCUT2D eigenvalue weighted by molar-refractivity contribution is 6.33. The van der Waals surface area contributed by atoms with Gasteiger partial charge in [0.05, 0.1) is 40.0 Å². The number of nitriles is 2. The molecule has 0 spiro atoms. The lowest BCUT2D eigenvalue weighted by atomic mass is 9.98. The molecule has 1 heterocycles. The van der Waals surface area contributed by atoms with Crippen LogP contribution in [0.2, 0.25) is 10.0 Å². The third-order valence-corrected chi connectivity index (χ3v) is 6.68. The minimum atomic E-state index is 0.0762. The molecular weight excluding hydrogens is 439 g/mol. The van der Waals surface area contributed by atoms with E-state index in [0.717, 1.165) is 30.9 Å². The van der Waals surface area contributed by atoms with Crippen molar-refractivity contribution in [1.29, 1.82) is 10.5 Å². The van der Waals surface area contributed by atoms with Crippen molar-refractivity contribution in [3.8, 4) is 12.1 Å². The Morgan fingerprint density at radius 2 is 1.53 bits per heavy atom. The molecule has 0 N–H and O–H groups in total. The van der Waals surface area contributed by atoms with Gasteiger partial charge in [-0.2, -0.15) is 10.5 Å². The first-order chi connectivity index (χ1) is 15.5. The molecule has 0 aromatic heterocycles. The van der Waals surface area contributed by atoms with Gasteiger partial charge in [-0.1, -0.05) is 47.5 Å². The van der Waals surface area contributed by atoms with Gasteiger partial charge < -0.3 is 4.90 Å². The number of hydrogen-bond donors (Lipinski definition) is 0. The van der Waals surface area contributed by atoms with E-state index in [2.05, 4.69) is 41.0 Å². The molecule has 4 nitrogen and oxygen atoms in total. The smallest absolute Gasteiger partial charge is 0.0992 e. The van der Waals surface area contributed by atoms with Gasteiger partial charge in [0.2, 0.25) is 0 Å². The molecule has 3 aromatic carbocycles. The van der Waals surface area contributed by atoms with Crippen LogP contribution in [0.5, 0.6) is 0 Å². The van der Waals surface area contributed by atoms with Gasteiger partial charge in [0.25, 0.3) is 0 Å². The normalized spacial score (nSPS) is 17.4. The van der Waals surface area contributed by atoms with Crippen molar-refractivity contribution in [2.45, 2.75) is 19.0 Å². The Labute approximate surface area is 198 Å². The van der Waals surface area contributed by atoms with Gasteiger partial charge in [-0.3, -0.25) is 4.90 Å². The molecular formula is C26H22Cl2N4. The summed E-state index contributed by atoms with van der Waals surface area (Å²) in [6.07, 6.45) is 0. The van der Waals surface area contributed by atoms with Crippen LogP contribution in [0.25, 0.3) is 0 Å². The first kappa shape index (κ1) is 22.2. The number of benzene rings is 3. The van der Waals surface area contributed by atoms with Gasteiger partial charge in [0, 0.05) is 30.7 Å². The zero-order valence-corrected chi connectivity index (χ0v) is 19.2. The molecule has 1 aliphatic heterocycles. The molecule has 0 amide bonds. The second-order valence-electron chi connectivity index (χ2n) is 7.94. The summed E-state index contributed by atoms with van der Waals surface area (Å²) in [5, 5.41) is 19.6. The zero-order valence-electron chi connectivity index (χ0n) is 17.7. The second kappa shape index (κ2) is 9.63. The Morgan fingerprint density at radius 3 is 2.16 bits per heavy atom. The van der Waals surface area contributed by atoms with Crippen LogP contribution in [0.15, 0.2) is 66.7 Å². The van der Waals surface area contributed by atoms with E-state index >= 15 is 0 Å². The summed E-state index contributed by atoms with van der Waals surface area (Å²) in [4.78, 5) is 4.77. The van der Waals surface area contributed by atoms with Crippen LogP contribution in [0, 0.1) is 22.7 Å². The average molecular weight is 461 g/mol. The standard InChI is InChI=1S/C26H22Cl2N4/c1-18(21-5-2-19(15-29)3-6-21)31-12-13-32(25-11-4-20(16-30)14-24(25)28)26(17-31)22-7-9-23(27)10-8-22/h2-11,14,18,26H,12-13,17H2,1H3/t18?,26-/m0/s1. The van der Waals surface area contributed by atoms with Crippen LogP contribution in [0.1, 0.15) is 41.3 Å². The highest BCUT2D eigenvalue weighted by Gasteiger charge is 2.32. The van der Waals surface area contributed by atoms with E-state index in [0.29, 0.717) is 21.2 Å². The molecule has 3 aromatic rings. The van der Waals surface area contributed by atoms with E-state index < -0.39 is 0 Å². The van der Waals surface area contributed by atoms with Crippen molar-refractivity contribution >= 4 is 28.9 Å². The predicted octanol–water partition coefficient (Wildman–Crippen LogP) is 6.36. The van der Waals surface area contributed by atoms with E-state index in [1.165, 1.54) is 5.56 Å². The molecule has 2 atom stereocenters. The molecule has 32 heavy (non-hydrogen) atoms. The summed E-state index contributed by atoms with van der Waals surface area (Å²) in [5.41, 5.74) is 4.49. The highest BCUT2D eigenvalue weighted by atomic mass is 35.5. The Kier molecular flexibility index (Phi) is 6.68. The van der Waals surface area contributed by atoms with Gasteiger partial charge in [-0.25, -0.2) is 0 Å². The molecule has 1 aliphatic rings. The maximum absolute atomic E-state index is 9.20. The van der Waals surface area contributed by atoms with Gasteiger partial charge in [-0.15, -0.1) is 0 Å². The van der Waals surface area contributed by atoms with Crippen LogP contribution in [-0.2, 0) is 0 Å².